The number of piperidine rings is 1. The van der Waals surface area contributed by atoms with Gasteiger partial charge in [-0.15, -0.1) is 0 Å². The highest BCUT2D eigenvalue weighted by Gasteiger charge is 2.33. The molecule has 0 unspecified atom stereocenters. The third-order valence-electron chi connectivity index (χ3n) is 4.92. The van der Waals surface area contributed by atoms with Crippen LogP contribution in [0.2, 0.25) is 5.02 Å². The minimum absolute atomic E-state index is 0.237. The van der Waals surface area contributed by atoms with Crippen LogP contribution in [0.1, 0.15) is 36.8 Å². The summed E-state index contributed by atoms with van der Waals surface area (Å²) in [5, 5.41) is 11.6. The molecule has 2 nitrogen and oxygen atoms in total. The highest BCUT2D eigenvalue weighted by Crippen LogP contribution is 2.33. The number of rotatable bonds is 4. The Balaban J connectivity index is 1.42. The van der Waals surface area contributed by atoms with Gasteiger partial charge in [0, 0.05) is 30.1 Å². The number of hydrogen-bond acceptors (Lipinski definition) is 2. The van der Waals surface area contributed by atoms with E-state index >= 15 is 0 Å². The van der Waals surface area contributed by atoms with Crippen molar-refractivity contribution < 1.29 is 9.50 Å². The van der Waals surface area contributed by atoms with Crippen molar-refractivity contribution in [2.45, 2.75) is 31.3 Å². The van der Waals surface area contributed by atoms with Gasteiger partial charge in [-0.3, -0.25) is 0 Å². The first-order chi connectivity index (χ1) is 12.5. The van der Waals surface area contributed by atoms with Crippen molar-refractivity contribution in [3.8, 4) is 11.8 Å². The second-order valence-electron chi connectivity index (χ2n) is 6.79. The Hall–Kier alpha value is -1.86. The Bertz CT molecular complexity index is 769. The van der Waals surface area contributed by atoms with Crippen LogP contribution in [0.5, 0.6) is 0 Å². The lowest BCUT2D eigenvalue weighted by Gasteiger charge is -2.38. The summed E-state index contributed by atoms with van der Waals surface area (Å²) in [5.41, 5.74) is 1.05. The zero-order valence-electron chi connectivity index (χ0n) is 14.7. The molecule has 26 heavy (non-hydrogen) atoms. The summed E-state index contributed by atoms with van der Waals surface area (Å²) in [4.78, 5) is 2.38. The monoisotopic (exact) mass is 371 g/mol. The lowest BCUT2D eigenvalue weighted by atomic mass is 9.84. The van der Waals surface area contributed by atoms with Gasteiger partial charge in [0.05, 0.1) is 5.60 Å². The van der Waals surface area contributed by atoms with Crippen LogP contribution in [-0.4, -0.2) is 29.6 Å². The van der Waals surface area contributed by atoms with Gasteiger partial charge >= 0.3 is 0 Å². The number of nitrogens with zero attached hydrogens (tertiary/aromatic N) is 1. The van der Waals surface area contributed by atoms with E-state index in [4.69, 9.17) is 11.6 Å². The summed E-state index contributed by atoms with van der Waals surface area (Å²) in [7, 11) is 0. The fourth-order valence-electron chi connectivity index (χ4n) is 3.28. The molecule has 1 heterocycles. The molecule has 0 amide bonds. The van der Waals surface area contributed by atoms with Gasteiger partial charge in [0.2, 0.25) is 0 Å². The summed E-state index contributed by atoms with van der Waals surface area (Å²) >= 11 is 5.93. The van der Waals surface area contributed by atoms with E-state index in [2.05, 4.69) is 16.7 Å². The molecule has 1 N–H and O–H groups in total. The van der Waals surface area contributed by atoms with E-state index in [1.807, 2.05) is 24.3 Å². The number of unbranched alkanes of at least 4 members (excludes halogenated alkanes) is 1. The SMILES string of the molecule is OC1(c2ccc(Cl)cc2)CCN(CCCC#Cc2ccc(F)cc2)CC1. The highest BCUT2D eigenvalue weighted by molar-refractivity contribution is 6.30. The van der Waals surface area contributed by atoms with E-state index in [-0.39, 0.29) is 5.82 Å². The van der Waals surface area contributed by atoms with Crippen LogP contribution < -0.4 is 0 Å². The minimum Gasteiger partial charge on any atom is -0.385 e. The third-order valence-corrected chi connectivity index (χ3v) is 5.17. The van der Waals surface area contributed by atoms with Crippen LogP contribution in [0, 0.1) is 17.7 Å². The number of aliphatic hydroxyl groups is 1. The van der Waals surface area contributed by atoms with Crippen molar-refractivity contribution >= 4 is 11.6 Å². The van der Waals surface area contributed by atoms with Crippen molar-refractivity contribution in [1.29, 1.82) is 0 Å². The molecule has 2 aromatic carbocycles. The molecular weight excluding hydrogens is 349 g/mol. The molecule has 1 aliphatic heterocycles. The largest absolute Gasteiger partial charge is 0.385 e. The molecule has 0 aliphatic carbocycles. The van der Waals surface area contributed by atoms with Gasteiger partial charge in [0.15, 0.2) is 0 Å². The first-order valence-electron chi connectivity index (χ1n) is 9.00. The fraction of sp³-hybridized carbons (Fsp3) is 0.364. The normalized spacial score (nSPS) is 16.7. The van der Waals surface area contributed by atoms with Gasteiger partial charge in [-0.2, -0.15) is 0 Å². The number of benzene rings is 2. The lowest BCUT2D eigenvalue weighted by molar-refractivity contribution is -0.0259. The summed E-state index contributed by atoms with van der Waals surface area (Å²) in [6.07, 6.45) is 3.27. The van der Waals surface area contributed by atoms with E-state index < -0.39 is 5.60 Å². The van der Waals surface area contributed by atoms with E-state index in [1.165, 1.54) is 12.1 Å². The zero-order valence-corrected chi connectivity index (χ0v) is 15.5. The molecule has 1 fully saturated rings. The minimum atomic E-state index is -0.747. The first kappa shape index (κ1) is 18.9. The molecule has 0 saturated carbocycles. The molecule has 4 heteroatoms. The molecule has 1 saturated heterocycles. The van der Waals surface area contributed by atoms with Crippen molar-refractivity contribution in [1.82, 2.24) is 4.90 Å². The maximum Gasteiger partial charge on any atom is 0.123 e. The summed E-state index contributed by atoms with van der Waals surface area (Å²) in [5.74, 6) is 5.97. The van der Waals surface area contributed by atoms with Gasteiger partial charge < -0.3 is 10.0 Å². The maximum atomic E-state index is 12.8. The smallest absolute Gasteiger partial charge is 0.123 e. The summed E-state index contributed by atoms with van der Waals surface area (Å²) < 4.78 is 12.8. The van der Waals surface area contributed by atoms with Gasteiger partial charge in [-0.05, 0) is 67.8 Å². The molecule has 0 radical (unpaired) electrons. The quantitative estimate of drug-likeness (QED) is 0.627. The second kappa shape index (κ2) is 8.68. The summed E-state index contributed by atoms with van der Waals surface area (Å²) in [6.45, 7) is 2.74. The molecule has 0 aromatic heterocycles. The Labute approximate surface area is 159 Å². The number of hydrogen-bond donors (Lipinski definition) is 1. The standard InChI is InChI=1S/C22H23ClFNO/c23-20-9-7-19(8-10-20)22(26)13-16-25(17-14-22)15-3-1-2-4-18-5-11-21(24)12-6-18/h5-12,26H,1,3,13-17H2. The topological polar surface area (TPSA) is 23.5 Å². The second-order valence-corrected chi connectivity index (χ2v) is 7.23. The Morgan fingerprint density at radius 2 is 1.69 bits per heavy atom. The van der Waals surface area contributed by atoms with Crippen LogP contribution in [0.4, 0.5) is 4.39 Å². The Kier molecular flexibility index (Phi) is 6.32. The molecule has 2 aromatic rings. The summed E-state index contributed by atoms with van der Waals surface area (Å²) in [6, 6.07) is 13.8. The van der Waals surface area contributed by atoms with E-state index in [9.17, 15) is 9.50 Å². The van der Waals surface area contributed by atoms with Crippen LogP contribution in [0.3, 0.4) is 0 Å². The average molecular weight is 372 g/mol. The predicted octanol–water partition coefficient (Wildman–Crippen LogP) is 4.59. The van der Waals surface area contributed by atoms with E-state index in [0.717, 1.165) is 56.4 Å². The fourth-order valence-corrected chi connectivity index (χ4v) is 3.41. The molecule has 0 bridgehead atoms. The van der Waals surface area contributed by atoms with Crippen LogP contribution in [-0.2, 0) is 5.60 Å². The van der Waals surface area contributed by atoms with E-state index in [0.29, 0.717) is 5.02 Å². The van der Waals surface area contributed by atoms with Crippen molar-refractivity contribution in [3.05, 3.63) is 70.5 Å². The Morgan fingerprint density at radius 1 is 1.04 bits per heavy atom. The Morgan fingerprint density at radius 3 is 2.35 bits per heavy atom. The van der Waals surface area contributed by atoms with Crippen LogP contribution in [0.25, 0.3) is 0 Å². The van der Waals surface area contributed by atoms with Crippen molar-refractivity contribution in [2.75, 3.05) is 19.6 Å². The van der Waals surface area contributed by atoms with Gasteiger partial charge in [0.25, 0.3) is 0 Å². The molecule has 0 atom stereocenters. The van der Waals surface area contributed by atoms with Crippen LogP contribution >= 0.6 is 11.6 Å². The molecule has 3 rings (SSSR count). The van der Waals surface area contributed by atoms with Gasteiger partial charge in [-0.25, -0.2) is 4.39 Å². The van der Waals surface area contributed by atoms with Crippen LogP contribution in [0.15, 0.2) is 48.5 Å². The first-order valence-corrected chi connectivity index (χ1v) is 9.38. The molecular formula is C22H23ClFNO. The van der Waals surface area contributed by atoms with Gasteiger partial charge in [-0.1, -0.05) is 35.6 Å². The predicted molar refractivity (Wildman–Crippen MR) is 104 cm³/mol. The number of likely N-dealkylation sites (tertiary alicyclic amines) is 1. The molecule has 136 valence electrons. The van der Waals surface area contributed by atoms with E-state index in [1.54, 1.807) is 12.1 Å². The third kappa shape index (κ3) is 5.08. The highest BCUT2D eigenvalue weighted by atomic mass is 35.5. The molecule has 1 aliphatic rings. The average Bonchev–Trinajstić information content (AvgIpc) is 2.65. The zero-order chi connectivity index (χ0) is 18.4. The molecule has 0 spiro atoms. The lowest BCUT2D eigenvalue weighted by Crippen LogP contribution is -2.42. The maximum absolute atomic E-state index is 12.8. The number of halogens is 2. The van der Waals surface area contributed by atoms with Gasteiger partial charge in [0.1, 0.15) is 5.82 Å². The van der Waals surface area contributed by atoms with Crippen molar-refractivity contribution in [2.24, 2.45) is 0 Å². The van der Waals surface area contributed by atoms with Crippen molar-refractivity contribution in [3.63, 3.8) is 0 Å².